The lowest BCUT2D eigenvalue weighted by atomic mass is 10.0. The number of benzene rings is 4. The summed E-state index contributed by atoms with van der Waals surface area (Å²) in [4.78, 5) is 44.1. The minimum Gasteiger partial charge on any atom is -0.345 e. The summed E-state index contributed by atoms with van der Waals surface area (Å²) in [6.45, 7) is 8.09. The van der Waals surface area contributed by atoms with Crippen molar-refractivity contribution in [2.24, 2.45) is 0 Å². The van der Waals surface area contributed by atoms with Crippen LogP contribution in [0.15, 0.2) is 109 Å². The number of piperazine rings is 1. The number of amides is 2. The molecule has 1 aliphatic heterocycles. The number of nitrogens with zero attached hydrogens (tertiary/aromatic N) is 2. The van der Waals surface area contributed by atoms with Crippen LogP contribution in [0.1, 0.15) is 69.2 Å². The van der Waals surface area contributed by atoms with Crippen molar-refractivity contribution in [2.75, 3.05) is 32.7 Å². The third-order valence-corrected chi connectivity index (χ3v) is 8.76. The number of ketones is 1. The Labute approximate surface area is 284 Å². The zero-order valence-corrected chi connectivity index (χ0v) is 27.8. The Morgan fingerprint density at radius 3 is 1.92 bits per heavy atom. The fourth-order valence-corrected chi connectivity index (χ4v) is 5.91. The minimum absolute atomic E-state index is 0.148. The summed E-state index contributed by atoms with van der Waals surface area (Å²) in [7, 11) is 0. The second-order valence-electron chi connectivity index (χ2n) is 12.4. The number of Topliss-reactive ketones (excluding diaryl/α,β-unsaturated/α-hetero) is 1. The summed E-state index contributed by atoms with van der Waals surface area (Å²) in [6.07, 6.45) is 6.14. The highest BCUT2D eigenvalue weighted by atomic mass is 16.2. The van der Waals surface area contributed by atoms with Gasteiger partial charge in [-0.3, -0.25) is 24.2 Å². The Kier molecular flexibility index (Phi) is 12.9. The van der Waals surface area contributed by atoms with E-state index in [0.717, 1.165) is 63.2 Å². The topological polar surface area (TPSA) is 81.8 Å². The molecule has 0 aromatic heterocycles. The second kappa shape index (κ2) is 17.9. The summed E-state index contributed by atoms with van der Waals surface area (Å²) >= 11 is 0. The number of hydrogen-bond donors (Lipinski definition) is 2. The molecule has 1 unspecified atom stereocenters. The van der Waals surface area contributed by atoms with Crippen LogP contribution in [0, 0.1) is 0 Å². The van der Waals surface area contributed by atoms with Crippen LogP contribution in [0.3, 0.4) is 0 Å². The van der Waals surface area contributed by atoms with Gasteiger partial charge >= 0.3 is 0 Å². The van der Waals surface area contributed by atoms with Gasteiger partial charge in [-0.05, 0) is 46.9 Å². The van der Waals surface area contributed by atoms with Crippen molar-refractivity contribution in [3.63, 3.8) is 0 Å². The predicted octanol–water partition coefficient (Wildman–Crippen LogP) is 6.46. The lowest BCUT2D eigenvalue weighted by Gasteiger charge is -2.34. The summed E-state index contributed by atoms with van der Waals surface area (Å²) < 4.78 is 0. The third-order valence-electron chi connectivity index (χ3n) is 8.76. The van der Waals surface area contributed by atoms with Gasteiger partial charge in [-0.25, -0.2) is 0 Å². The zero-order valence-electron chi connectivity index (χ0n) is 27.8. The first kappa shape index (κ1) is 34.5. The quantitative estimate of drug-likeness (QED) is 0.146. The van der Waals surface area contributed by atoms with E-state index in [9.17, 15) is 14.4 Å². The molecule has 1 atom stereocenters. The molecule has 48 heavy (non-hydrogen) atoms. The first-order chi connectivity index (χ1) is 23.5. The van der Waals surface area contributed by atoms with Crippen LogP contribution in [0.2, 0.25) is 0 Å². The molecule has 5 rings (SSSR count). The molecule has 0 aliphatic carbocycles. The van der Waals surface area contributed by atoms with Crippen LogP contribution >= 0.6 is 0 Å². The van der Waals surface area contributed by atoms with Gasteiger partial charge in [0.1, 0.15) is 0 Å². The van der Waals surface area contributed by atoms with Crippen LogP contribution in [-0.4, -0.2) is 66.2 Å². The van der Waals surface area contributed by atoms with Crippen molar-refractivity contribution in [1.82, 2.24) is 20.4 Å². The Morgan fingerprint density at radius 2 is 1.27 bits per heavy atom. The van der Waals surface area contributed by atoms with E-state index in [0.29, 0.717) is 17.5 Å². The lowest BCUT2D eigenvalue weighted by Crippen LogP contribution is -2.45. The zero-order chi connectivity index (χ0) is 33.6. The normalized spacial score (nSPS) is 14.4. The number of unbranched alkanes of at least 4 members (excludes halogenated alkanes) is 1. The highest BCUT2D eigenvalue weighted by Crippen LogP contribution is 2.17. The van der Waals surface area contributed by atoms with E-state index >= 15 is 0 Å². The van der Waals surface area contributed by atoms with Crippen molar-refractivity contribution >= 4 is 29.7 Å². The molecule has 0 spiro atoms. The summed E-state index contributed by atoms with van der Waals surface area (Å²) in [5, 5.41) is 5.65. The number of carbonyl (C=O) groups is 3. The van der Waals surface area contributed by atoms with Crippen LogP contribution < -0.4 is 10.6 Å². The third kappa shape index (κ3) is 10.3. The van der Waals surface area contributed by atoms with E-state index in [-0.39, 0.29) is 24.1 Å². The Balaban J connectivity index is 1.14. The van der Waals surface area contributed by atoms with Crippen LogP contribution in [0.4, 0.5) is 0 Å². The van der Waals surface area contributed by atoms with E-state index in [2.05, 4.69) is 75.0 Å². The molecule has 0 radical (unpaired) electrons. The van der Waals surface area contributed by atoms with E-state index in [4.69, 9.17) is 0 Å². The SMILES string of the molecule is CCCCC(NC(=O)c1ccccc1C=Cc1ccc(CN2CCN(Cc3ccccc3)CC2)cc1)C(=O)CNC(=O)c1ccccc1. The smallest absolute Gasteiger partial charge is 0.252 e. The van der Waals surface area contributed by atoms with Crippen LogP contribution in [0.5, 0.6) is 0 Å². The number of hydrogen-bond acceptors (Lipinski definition) is 5. The maximum atomic E-state index is 13.5. The van der Waals surface area contributed by atoms with Crippen LogP contribution in [0.25, 0.3) is 12.2 Å². The highest BCUT2D eigenvalue weighted by Gasteiger charge is 2.22. The van der Waals surface area contributed by atoms with Gasteiger partial charge in [0, 0.05) is 50.4 Å². The fraction of sp³-hybridized carbons (Fsp3) is 0.293. The Hall–Kier alpha value is -4.85. The Bertz CT molecular complexity index is 1650. The maximum absolute atomic E-state index is 13.5. The van der Waals surface area contributed by atoms with E-state index in [1.54, 1.807) is 30.3 Å². The molecule has 2 amide bonds. The monoisotopic (exact) mass is 642 g/mol. The van der Waals surface area contributed by atoms with Gasteiger partial charge in [0.25, 0.3) is 11.8 Å². The maximum Gasteiger partial charge on any atom is 0.252 e. The molecule has 1 aliphatic rings. The summed E-state index contributed by atoms with van der Waals surface area (Å²) in [6, 6.07) is 34.7. The van der Waals surface area contributed by atoms with Gasteiger partial charge in [0.2, 0.25) is 0 Å². The van der Waals surface area contributed by atoms with Gasteiger partial charge in [-0.15, -0.1) is 0 Å². The average Bonchev–Trinajstić information content (AvgIpc) is 3.13. The number of carbonyl (C=O) groups excluding carboxylic acids is 3. The molecule has 1 saturated heterocycles. The molecule has 248 valence electrons. The molecule has 7 nitrogen and oxygen atoms in total. The highest BCUT2D eigenvalue weighted by molar-refractivity contribution is 6.02. The Morgan fingerprint density at radius 1 is 0.688 bits per heavy atom. The van der Waals surface area contributed by atoms with Gasteiger partial charge in [0.15, 0.2) is 5.78 Å². The molecule has 1 fully saturated rings. The molecule has 0 saturated carbocycles. The molecule has 4 aromatic carbocycles. The first-order valence-electron chi connectivity index (χ1n) is 17.0. The van der Waals surface area contributed by atoms with Crippen molar-refractivity contribution in [3.8, 4) is 0 Å². The molecule has 2 N–H and O–H groups in total. The average molecular weight is 643 g/mol. The van der Waals surface area contributed by atoms with Crippen molar-refractivity contribution in [2.45, 2.75) is 45.3 Å². The van der Waals surface area contributed by atoms with Crippen molar-refractivity contribution < 1.29 is 14.4 Å². The largest absolute Gasteiger partial charge is 0.345 e. The number of rotatable bonds is 15. The number of nitrogens with one attached hydrogen (secondary N) is 2. The van der Waals surface area contributed by atoms with E-state index in [1.165, 1.54) is 11.1 Å². The van der Waals surface area contributed by atoms with Crippen LogP contribution in [-0.2, 0) is 17.9 Å². The van der Waals surface area contributed by atoms with Crippen molar-refractivity contribution in [1.29, 1.82) is 0 Å². The first-order valence-corrected chi connectivity index (χ1v) is 17.0. The van der Waals surface area contributed by atoms with Gasteiger partial charge < -0.3 is 10.6 Å². The fourth-order valence-electron chi connectivity index (χ4n) is 5.91. The molecule has 0 bridgehead atoms. The molecule has 7 heteroatoms. The van der Waals surface area contributed by atoms with Gasteiger partial charge in [-0.1, -0.05) is 123 Å². The molecule has 1 heterocycles. The molecular weight excluding hydrogens is 596 g/mol. The van der Waals surface area contributed by atoms with Crippen molar-refractivity contribution in [3.05, 3.63) is 143 Å². The standard InChI is InChI=1S/C41H46N4O3/c1-2-3-18-38(39(46)29-42-40(47)36-15-8-5-9-16-36)43-41(48)37-17-11-10-14-35(37)24-23-32-19-21-34(22-20-32)31-45-27-25-44(26-28-45)30-33-12-6-4-7-13-33/h4-17,19-24,38H,2-3,18,25-31H2,1H3,(H,42,47)(H,43,48). The lowest BCUT2D eigenvalue weighted by molar-refractivity contribution is -0.120. The summed E-state index contributed by atoms with van der Waals surface area (Å²) in [5.41, 5.74) is 5.46. The molecule has 4 aromatic rings. The minimum atomic E-state index is -0.690. The predicted molar refractivity (Wildman–Crippen MR) is 193 cm³/mol. The van der Waals surface area contributed by atoms with E-state index in [1.807, 2.05) is 43.3 Å². The van der Waals surface area contributed by atoms with Gasteiger partial charge in [-0.2, -0.15) is 0 Å². The van der Waals surface area contributed by atoms with E-state index < -0.39 is 6.04 Å². The second-order valence-corrected chi connectivity index (χ2v) is 12.4. The summed E-state index contributed by atoms with van der Waals surface area (Å²) in [5.74, 6) is -0.841. The molecular formula is C41H46N4O3. The van der Waals surface area contributed by atoms with Gasteiger partial charge in [0.05, 0.1) is 12.6 Å².